The van der Waals surface area contributed by atoms with Gasteiger partial charge >= 0.3 is 0 Å². The Morgan fingerprint density at radius 3 is 2.06 bits per heavy atom. The van der Waals surface area contributed by atoms with Gasteiger partial charge in [-0.3, -0.25) is 0 Å². The van der Waals surface area contributed by atoms with Crippen molar-refractivity contribution in [3.05, 3.63) is 198 Å². The van der Waals surface area contributed by atoms with Gasteiger partial charge in [-0.05, 0) is 96.6 Å². The van der Waals surface area contributed by atoms with Gasteiger partial charge in [-0.25, -0.2) is 0 Å². The van der Waals surface area contributed by atoms with Crippen molar-refractivity contribution in [2.24, 2.45) is 0 Å². The molecule has 3 aliphatic rings. The molecule has 0 saturated heterocycles. The van der Waals surface area contributed by atoms with E-state index >= 15 is 0 Å². The van der Waals surface area contributed by atoms with E-state index in [2.05, 4.69) is 203 Å². The minimum atomic E-state index is -0.122. The molecule has 10 rings (SSSR count). The second-order valence-corrected chi connectivity index (χ2v) is 15.7. The maximum atomic E-state index is 2.49. The van der Waals surface area contributed by atoms with Gasteiger partial charge in [0, 0.05) is 33.5 Å². The third-order valence-corrected chi connectivity index (χ3v) is 12.1. The molecular weight excluding hydrogens is 627 g/mol. The Morgan fingerprint density at radius 2 is 1.21 bits per heavy atom. The van der Waals surface area contributed by atoms with Crippen LogP contribution in [0.1, 0.15) is 55.9 Å². The van der Waals surface area contributed by atoms with E-state index in [1.165, 1.54) is 83.0 Å². The Hall–Kier alpha value is -5.92. The first-order valence-corrected chi connectivity index (χ1v) is 18.6. The van der Waals surface area contributed by atoms with Crippen LogP contribution in [0.2, 0.25) is 0 Å². The summed E-state index contributed by atoms with van der Waals surface area (Å²) in [4.78, 5) is 2.49. The lowest BCUT2D eigenvalue weighted by Gasteiger charge is -2.37. The summed E-state index contributed by atoms with van der Waals surface area (Å²) < 4.78 is 0. The van der Waals surface area contributed by atoms with Gasteiger partial charge in [0.15, 0.2) is 0 Å². The Labute approximate surface area is 306 Å². The number of hydrogen-bond donors (Lipinski definition) is 0. The maximum absolute atomic E-state index is 2.49. The number of anilines is 3. The minimum Gasteiger partial charge on any atom is -0.310 e. The molecule has 3 aliphatic carbocycles. The summed E-state index contributed by atoms with van der Waals surface area (Å²) >= 11 is 0. The molecule has 2 bridgehead atoms. The Morgan fingerprint density at radius 1 is 0.519 bits per heavy atom. The lowest BCUT2D eigenvalue weighted by atomic mass is 9.68. The van der Waals surface area contributed by atoms with Crippen molar-refractivity contribution in [3.63, 3.8) is 0 Å². The molecule has 0 N–H and O–H groups in total. The molecule has 0 heterocycles. The molecule has 0 aliphatic heterocycles. The Kier molecular flexibility index (Phi) is 6.70. The zero-order chi connectivity index (χ0) is 35.2. The number of benzene rings is 7. The van der Waals surface area contributed by atoms with Gasteiger partial charge in [-0.1, -0.05) is 167 Å². The molecule has 1 nitrogen and oxygen atoms in total. The first kappa shape index (κ1) is 30.9. The monoisotopic (exact) mass is 667 g/mol. The molecule has 7 aromatic carbocycles. The number of fused-ring (bicyclic) bond motifs is 9. The van der Waals surface area contributed by atoms with Crippen LogP contribution in [0.15, 0.2) is 175 Å². The highest BCUT2D eigenvalue weighted by Crippen LogP contribution is 2.53. The first-order valence-electron chi connectivity index (χ1n) is 18.6. The van der Waals surface area contributed by atoms with E-state index in [0.717, 1.165) is 5.69 Å². The molecular formula is C51H41N. The Balaban J connectivity index is 1.17. The fourth-order valence-electron chi connectivity index (χ4n) is 9.45. The second kappa shape index (κ2) is 11.3. The van der Waals surface area contributed by atoms with E-state index in [-0.39, 0.29) is 16.7 Å². The topological polar surface area (TPSA) is 3.24 Å². The van der Waals surface area contributed by atoms with Gasteiger partial charge in [-0.2, -0.15) is 0 Å². The van der Waals surface area contributed by atoms with E-state index < -0.39 is 0 Å². The lowest BCUT2D eigenvalue weighted by Crippen LogP contribution is -2.26. The summed E-state index contributed by atoms with van der Waals surface area (Å²) in [6, 6.07) is 52.3. The van der Waals surface area contributed by atoms with Crippen LogP contribution in [0, 0.1) is 0 Å². The van der Waals surface area contributed by atoms with Crippen LogP contribution in [0.4, 0.5) is 17.1 Å². The molecule has 0 spiro atoms. The Bertz CT molecular complexity index is 2680. The van der Waals surface area contributed by atoms with Crippen LogP contribution in [0.5, 0.6) is 0 Å². The maximum Gasteiger partial charge on any atom is 0.0546 e. The van der Waals surface area contributed by atoms with Crippen molar-refractivity contribution in [2.75, 3.05) is 4.90 Å². The number of nitrogens with zero attached hydrogens (tertiary/aromatic N) is 1. The van der Waals surface area contributed by atoms with Gasteiger partial charge in [0.25, 0.3) is 0 Å². The number of rotatable bonds is 4. The fourth-order valence-corrected chi connectivity index (χ4v) is 9.45. The molecule has 1 unspecified atom stereocenters. The van der Waals surface area contributed by atoms with Crippen molar-refractivity contribution >= 4 is 38.6 Å². The summed E-state index contributed by atoms with van der Waals surface area (Å²) in [6.45, 7) is 9.49. The quantitative estimate of drug-likeness (QED) is 0.169. The van der Waals surface area contributed by atoms with Crippen LogP contribution < -0.4 is 4.90 Å². The lowest BCUT2D eigenvalue weighted by molar-refractivity contribution is 0.611. The largest absolute Gasteiger partial charge is 0.310 e. The van der Waals surface area contributed by atoms with E-state index in [4.69, 9.17) is 0 Å². The van der Waals surface area contributed by atoms with Crippen LogP contribution in [-0.4, -0.2) is 0 Å². The van der Waals surface area contributed by atoms with E-state index in [9.17, 15) is 0 Å². The van der Waals surface area contributed by atoms with E-state index in [1.54, 1.807) is 0 Å². The van der Waals surface area contributed by atoms with E-state index in [0.29, 0.717) is 0 Å². The van der Waals surface area contributed by atoms with Crippen molar-refractivity contribution in [1.82, 2.24) is 0 Å². The third-order valence-electron chi connectivity index (χ3n) is 12.1. The van der Waals surface area contributed by atoms with Gasteiger partial charge in [0.05, 0.1) is 5.69 Å². The molecule has 1 atom stereocenters. The smallest absolute Gasteiger partial charge is 0.0546 e. The van der Waals surface area contributed by atoms with Crippen LogP contribution in [0.25, 0.3) is 43.8 Å². The van der Waals surface area contributed by atoms with Crippen LogP contribution in [0.3, 0.4) is 0 Å². The second-order valence-electron chi connectivity index (χ2n) is 15.7. The normalized spacial score (nSPS) is 17.3. The highest BCUT2D eigenvalue weighted by Gasteiger charge is 2.37. The molecule has 1 heteroatoms. The van der Waals surface area contributed by atoms with Gasteiger partial charge in [-0.15, -0.1) is 0 Å². The standard InChI is InChI=1S/C51H41N/c1-50(2)36-16-7-5-14-34(30-36)40-29-28-38(32-47(40)50)52(48-31-35-15-6-8-17-39(35)42-18-9-10-20-44(42)48)37-26-24-33(25-27-37)41-21-13-22-45-43-19-11-12-23-46(43)51(3,4)49(41)45/h5-32,34H,1-4H3. The highest BCUT2D eigenvalue weighted by atomic mass is 15.1. The van der Waals surface area contributed by atoms with Crippen molar-refractivity contribution in [3.8, 4) is 22.3 Å². The molecule has 0 amide bonds. The number of allylic oxidation sites excluding steroid dienone is 6. The van der Waals surface area contributed by atoms with E-state index in [1.807, 2.05) is 0 Å². The summed E-state index contributed by atoms with van der Waals surface area (Å²) in [5, 5.41) is 5.03. The van der Waals surface area contributed by atoms with Crippen molar-refractivity contribution < 1.29 is 0 Å². The predicted molar refractivity (Wildman–Crippen MR) is 221 cm³/mol. The zero-order valence-electron chi connectivity index (χ0n) is 30.2. The first-order chi connectivity index (χ1) is 25.3. The van der Waals surface area contributed by atoms with Crippen LogP contribution in [-0.2, 0) is 10.8 Å². The fraction of sp³-hybridized carbons (Fsp3) is 0.137. The van der Waals surface area contributed by atoms with Crippen LogP contribution >= 0.6 is 0 Å². The zero-order valence-corrected chi connectivity index (χ0v) is 30.2. The highest BCUT2D eigenvalue weighted by molar-refractivity contribution is 6.14. The predicted octanol–water partition coefficient (Wildman–Crippen LogP) is 13.9. The molecule has 250 valence electrons. The molecule has 0 radical (unpaired) electrons. The van der Waals surface area contributed by atoms with Gasteiger partial charge in [0.2, 0.25) is 0 Å². The van der Waals surface area contributed by atoms with Crippen molar-refractivity contribution in [2.45, 2.75) is 44.4 Å². The minimum absolute atomic E-state index is 0.0792. The molecule has 7 aromatic rings. The summed E-state index contributed by atoms with van der Waals surface area (Å²) in [7, 11) is 0. The summed E-state index contributed by atoms with van der Waals surface area (Å²) in [6.07, 6.45) is 11.4. The number of hydrogen-bond acceptors (Lipinski definition) is 1. The van der Waals surface area contributed by atoms with Crippen molar-refractivity contribution in [1.29, 1.82) is 0 Å². The third kappa shape index (κ3) is 4.48. The SMILES string of the molecule is CC1(C)C2=CC(C=CC=C2)c2ccc(N(c3ccc(-c4cccc5c4C(C)(C)c4ccccc4-5)cc3)c3cc4ccccc4c4ccccc34)cc21. The van der Waals surface area contributed by atoms with Gasteiger partial charge < -0.3 is 4.90 Å². The molecule has 0 aromatic heterocycles. The average molecular weight is 668 g/mol. The molecule has 52 heavy (non-hydrogen) atoms. The molecule has 0 saturated carbocycles. The summed E-state index contributed by atoms with van der Waals surface area (Å²) in [5.74, 6) is 0.277. The molecule has 0 fully saturated rings. The summed E-state index contributed by atoms with van der Waals surface area (Å²) in [5.41, 5.74) is 15.5. The average Bonchev–Trinajstić information content (AvgIpc) is 3.29. The van der Waals surface area contributed by atoms with Gasteiger partial charge in [0.1, 0.15) is 0 Å².